The Labute approximate surface area is 104 Å². The summed E-state index contributed by atoms with van der Waals surface area (Å²) in [7, 11) is 0. The summed E-state index contributed by atoms with van der Waals surface area (Å²) in [5.41, 5.74) is 0.879. The molecule has 0 atom stereocenters. The second-order valence-electron chi connectivity index (χ2n) is 3.04. The van der Waals surface area contributed by atoms with Crippen molar-refractivity contribution in [2.75, 3.05) is 12.6 Å². The molecule has 0 heterocycles. The van der Waals surface area contributed by atoms with Crippen LogP contribution in [0.3, 0.4) is 0 Å². The fourth-order valence-electron chi connectivity index (χ4n) is 1.03. The van der Waals surface area contributed by atoms with Crippen molar-refractivity contribution in [3.8, 4) is 0 Å². The van der Waals surface area contributed by atoms with Crippen LogP contribution in [-0.2, 0) is 20.9 Å². The number of carbonyl (C=O) groups excluding carboxylic acids is 2. The van der Waals surface area contributed by atoms with Gasteiger partial charge in [-0.15, -0.1) is 0 Å². The zero-order chi connectivity index (χ0) is 12.5. The molecule has 92 valence electrons. The highest BCUT2D eigenvalue weighted by molar-refractivity contribution is 6.17. The molecule has 17 heavy (non-hydrogen) atoms. The number of hydrogen-bond donors (Lipinski definition) is 1. The smallest absolute Gasteiger partial charge is 0.408 e. The van der Waals surface area contributed by atoms with E-state index in [9.17, 15) is 9.59 Å². The Bertz CT molecular complexity index is 369. The molecule has 1 rings (SSSR count). The highest BCUT2D eigenvalue weighted by atomic mass is 35.5. The molecule has 0 saturated heterocycles. The summed E-state index contributed by atoms with van der Waals surface area (Å²) in [5, 5.41) is 2.20. The molecule has 0 spiro atoms. The normalized spacial score (nSPS) is 9.47. The molecule has 1 aromatic carbocycles. The van der Waals surface area contributed by atoms with Gasteiger partial charge in [0, 0.05) is 0 Å². The molecule has 0 saturated carbocycles. The topological polar surface area (TPSA) is 64.6 Å². The van der Waals surface area contributed by atoms with E-state index in [-0.39, 0.29) is 19.2 Å². The first-order valence-corrected chi connectivity index (χ1v) is 5.42. The number of rotatable bonds is 5. The highest BCUT2D eigenvalue weighted by Crippen LogP contribution is 2.00. The van der Waals surface area contributed by atoms with Crippen molar-refractivity contribution in [1.29, 1.82) is 0 Å². The molecular weight excluding hydrogens is 246 g/mol. The van der Waals surface area contributed by atoms with Gasteiger partial charge in [0.05, 0.1) is 0 Å². The molecule has 0 aliphatic carbocycles. The number of nitrogens with one attached hydrogen (secondary N) is 1. The van der Waals surface area contributed by atoms with E-state index in [4.69, 9.17) is 16.3 Å². The molecule has 0 bridgehead atoms. The summed E-state index contributed by atoms with van der Waals surface area (Å²) in [6.45, 7) is -0.0749. The molecule has 0 aliphatic rings. The number of carbonyl (C=O) groups is 2. The van der Waals surface area contributed by atoms with Gasteiger partial charge in [-0.2, -0.15) is 0 Å². The van der Waals surface area contributed by atoms with Gasteiger partial charge in [0.25, 0.3) is 0 Å². The number of halogens is 1. The van der Waals surface area contributed by atoms with Crippen LogP contribution >= 0.6 is 11.6 Å². The van der Waals surface area contributed by atoms with E-state index < -0.39 is 12.1 Å². The first kappa shape index (κ1) is 13.3. The van der Waals surface area contributed by atoms with Crippen molar-refractivity contribution < 1.29 is 19.1 Å². The van der Waals surface area contributed by atoms with Crippen molar-refractivity contribution in [3.63, 3.8) is 0 Å². The van der Waals surface area contributed by atoms with E-state index in [2.05, 4.69) is 10.1 Å². The maximum Gasteiger partial charge on any atom is 0.408 e. The predicted octanol–water partition coefficient (Wildman–Crippen LogP) is 1.65. The van der Waals surface area contributed by atoms with Crippen LogP contribution in [0.4, 0.5) is 4.79 Å². The average molecular weight is 258 g/mol. The van der Waals surface area contributed by atoms with Crippen LogP contribution < -0.4 is 5.32 Å². The minimum absolute atomic E-state index is 0.173. The first-order chi connectivity index (χ1) is 8.22. The Morgan fingerprint density at radius 2 is 1.88 bits per heavy atom. The van der Waals surface area contributed by atoms with Gasteiger partial charge in [0.15, 0.2) is 6.07 Å². The number of hydrogen-bond acceptors (Lipinski definition) is 4. The monoisotopic (exact) mass is 257 g/mol. The summed E-state index contributed by atoms with van der Waals surface area (Å²) < 4.78 is 9.28. The maximum atomic E-state index is 11.2. The largest absolute Gasteiger partial charge is 0.460 e. The summed E-state index contributed by atoms with van der Waals surface area (Å²) in [6.07, 6.45) is -0.753. The van der Waals surface area contributed by atoms with Crippen LogP contribution in [0, 0.1) is 0 Å². The molecule has 1 amide bonds. The van der Waals surface area contributed by atoms with E-state index in [1.807, 2.05) is 30.3 Å². The average Bonchev–Trinajstić information content (AvgIpc) is 2.35. The van der Waals surface area contributed by atoms with Crippen molar-refractivity contribution >= 4 is 23.7 Å². The lowest BCUT2D eigenvalue weighted by Crippen LogP contribution is -2.30. The van der Waals surface area contributed by atoms with Gasteiger partial charge in [-0.25, -0.2) is 4.79 Å². The molecule has 1 aromatic rings. The Hall–Kier alpha value is -1.75. The molecule has 0 radical (unpaired) electrons. The maximum absolute atomic E-state index is 11.2. The van der Waals surface area contributed by atoms with Crippen molar-refractivity contribution in [2.45, 2.75) is 6.61 Å². The van der Waals surface area contributed by atoms with Crippen LogP contribution in [0.15, 0.2) is 30.3 Å². The summed E-state index contributed by atoms with van der Waals surface area (Å²) >= 11 is 5.15. The third-order valence-corrected chi connectivity index (χ3v) is 1.91. The van der Waals surface area contributed by atoms with Crippen molar-refractivity contribution in [2.24, 2.45) is 0 Å². The van der Waals surface area contributed by atoms with Crippen LogP contribution in [0.25, 0.3) is 0 Å². The number of ether oxygens (including phenoxy) is 2. The molecule has 5 nitrogen and oxygen atoms in total. The lowest BCUT2D eigenvalue weighted by atomic mass is 10.2. The van der Waals surface area contributed by atoms with E-state index in [0.717, 1.165) is 5.56 Å². The number of alkyl carbamates (subject to hydrolysis) is 1. The molecule has 0 aromatic heterocycles. The van der Waals surface area contributed by atoms with Gasteiger partial charge < -0.3 is 14.8 Å². The van der Waals surface area contributed by atoms with Gasteiger partial charge in [-0.05, 0) is 5.56 Å². The second kappa shape index (κ2) is 7.51. The number of amides is 1. The van der Waals surface area contributed by atoms with Crippen LogP contribution in [-0.4, -0.2) is 24.7 Å². The zero-order valence-corrected chi connectivity index (χ0v) is 9.77. The van der Waals surface area contributed by atoms with Crippen LogP contribution in [0.1, 0.15) is 5.56 Å². The molecule has 0 aliphatic heterocycles. The molecule has 1 N–H and O–H groups in total. The third-order valence-electron chi connectivity index (χ3n) is 1.81. The summed E-state index contributed by atoms with van der Waals surface area (Å²) in [6, 6.07) is 8.98. The van der Waals surface area contributed by atoms with E-state index in [1.54, 1.807) is 0 Å². The van der Waals surface area contributed by atoms with Crippen molar-refractivity contribution in [1.82, 2.24) is 5.32 Å². The fourth-order valence-corrected chi connectivity index (χ4v) is 1.13. The van der Waals surface area contributed by atoms with E-state index in [1.165, 1.54) is 0 Å². The SMILES string of the molecule is O=C(CNC(=O)OCCl)OCc1ccccc1. The highest BCUT2D eigenvalue weighted by Gasteiger charge is 2.06. The Kier molecular flexibility index (Phi) is 5.88. The van der Waals surface area contributed by atoms with Gasteiger partial charge in [-0.1, -0.05) is 41.9 Å². The Balaban J connectivity index is 2.20. The lowest BCUT2D eigenvalue weighted by molar-refractivity contribution is -0.143. The summed E-state index contributed by atoms with van der Waals surface area (Å²) in [4.78, 5) is 22.0. The van der Waals surface area contributed by atoms with Gasteiger partial charge >= 0.3 is 12.1 Å². The zero-order valence-electron chi connectivity index (χ0n) is 9.02. The fraction of sp³-hybridized carbons (Fsp3) is 0.273. The molecule has 0 unspecified atom stereocenters. The molecule has 0 fully saturated rings. The predicted molar refractivity (Wildman–Crippen MR) is 61.4 cm³/mol. The van der Waals surface area contributed by atoms with Gasteiger partial charge in [-0.3, -0.25) is 4.79 Å². The number of esters is 1. The number of benzene rings is 1. The van der Waals surface area contributed by atoms with Crippen LogP contribution in [0.2, 0.25) is 0 Å². The minimum atomic E-state index is -0.753. The lowest BCUT2D eigenvalue weighted by Gasteiger charge is -2.06. The van der Waals surface area contributed by atoms with E-state index >= 15 is 0 Å². The number of alkyl halides is 1. The Morgan fingerprint density at radius 3 is 2.53 bits per heavy atom. The standard InChI is InChI=1S/C11H12ClNO4/c12-8-17-11(15)13-6-10(14)16-7-9-4-2-1-3-5-9/h1-5H,6-8H2,(H,13,15). The molecule has 6 heteroatoms. The van der Waals surface area contributed by atoms with Crippen LogP contribution in [0.5, 0.6) is 0 Å². The molecular formula is C11H12ClNO4. The second-order valence-corrected chi connectivity index (χ2v) is 3.26. The quantitative estimate of drug-likeness (QED) is 0.644. The Morgan fingerprint density at radius 1 is 1.18 bits per heavy atom. The van der Waals surface area contributed by atoms with Crippen molar-refractivity contribution in [3.05, 3.63) is 35.9 Å². The van der Waals surface area contributed by atoms with Gasteiger partial charge in [0.2, 0.25) is 0 Å². The summed E-state index contributed by atoms with van der Waals surface area (Å²) in [5.74, 6) is -0.541. The van der Waals surface area contributed by atoms with Gasteiger partial charge in [0.1, 0.15) is 13.2 Å². The third kappa shape index (κ3) is 5.77. The first-order valence-electron chi connectivity index (χ1n) is 4.88. The minimum Gasteiger partial charge on any atom is -0.460 e. The van der Waals surface area contributed by atoms with E-state index in [0.29, 0.717) is 0 Å².